The Balaban J connectivity index is 2.64. The van der Waals surface area contributed by atoms with Crippen molar-refractivity contribution >= 4 is 8.48 Å². The van der Waals surface area contributed by atoms with Gasteiger partial charge in [0.15, 0.2) is 0 Å². The van der Waals surface area contributed by atoms with Crippen LogP contribution in [0.4, 0.5) is 0 Å². The molecule has 0 amide bonds. The van der Waals surface area contributed by atoms with Gasteiger partial charge < -0.3 is 9.41 Å². The fourth-order valence-corrected chi connectivity index (χ4v) is 7.08. The molecular weight excluding hydrogens is 190 g/mol. The molecule has 0 saturated heterocycles. The maximum atomic E-state index is 5.93. The van der Waals surface area contributed by atoms with Gasteiger partial charge in [-0.05, 0) is 31.0 Å². The van der Waals surface area contributed by atoms with Gasteiger partial charge in [-0.25, -0.2) is 0 Å². The van der Waals surface area contributed by atoms with Crippen LogP contribution < -0.4 is 4.98 Å². The second-order valence-corrected chi connectivity index (χ2v) is 8.21. The summed E-state index contributed by atoms with van der Waals surface area (Å²) in [6, 6.07) is 1.28. The third kappa shape index (κ3) is 2.58. The molecule has 1 atom stereocenters. The van der Waals surface area contributed by atoms with E-state index in [0.717, 1.165) is 12.1 Å². The molecule has 3 heteroatoms. The van der Waals surface area contributed by atoms with Crippen LogP contribution in [0.5, 0.6) is 0 Å². The van der Waals surface area contributed by atoms with E-state index in [1.54, 1.807) is 0 Å². The van der Waals surface area contributed by atoms with Crippen LogP contribution in [0.15, 0.2) is 0 Å². The Labute approximate surface area is 89.6 Å². The summed E-state index contributed by atoms with van der Waals surface area (Å²) in [5.41, 5.74) is 0.868. The molecule has 0 aromatic rings. The highest BCUT2D eigenvalue weighted by molar-refractivity contribution is 6.72. The van der Waals surface area contributed by atoms with Crippen molar-refractivity contribution in [2.24, 2.45) is 0 Å². The molecular formula is C11H25NOSi. The lowest BCUT2D eigenvalue weighted by Gasteiger charge is -2.35. The Morgan fingerprint density at radius 2 is 1.93 bits per heavy atom. The van der Waals surface area contributed by atoms with Crippen molar-refractivity contribution in [2.45, 2.75) is 57.5 Å². The van der Waals surface area contributed by atoms with Crippen molar-refractivity contribution in [3.8, 4) is 0 Å². The largest absolute Gasteiger partial charge is 0.406 e. The topological polar surface area (TPSA) is 21.3 Å². The standard InChI is InChI=1S/C11H25NOSi/c1-4-10-14(13-3,12-5-2)11-8-6-7-9-11/h11-12H,4-10H2,1-3H3. The maximum Gasteiger partial charge on any atom is 0.271 e. The van der Waals surface area contributed by atoms with E-state index in [1.165, 1.54) is 38.1 Å². The van der Waals surface area contributed by atoms with E-state index >= 15 is 0 Å². The molecule has 1 unspecified atom stereocenters. The Kier molecular flexibility index (Phi) is 5.13. The second-order valence-electron chi connectivity index (χ2n) is 4.36. The highest BCUT2D eigenvalue weighted by atomic mass is 28.4. The normalized spacial score (nSPS) is 22.5. The summed E-state index contributed by atoms with van der Waals surface area (Å²) in [6.07, 6.45) is 6.87. The lowest BCUT2D eigenvalue weighted by molar-refractivity contribution is 0.359. The first kappa shape index (κ1) is 12.2. The molecule has 1 rings (SSSR count). The average molecular weight is 215 g/mol. The number of hydrogen-bond donors (Lipinski definition) is 1. The van der Waals surface area contributed by atoms with Crippen LogP contribution in [0.2, 0.25) is 11.6 Å². The molecule has 1 aliphatic carbocycles. The third-order valence-corrected chi connectivity index (χ3v) is 8.30. The van der Waals surface area contributed by atoms with Gasteiger partial charge in [0.05, 0.1) is 0 Å². The molecule has 0 aliphatic heterocycles. The SMILES string of the molecule is CCC[Si](NCC)(OC)C1CCCC1. The molecule has 0 spiro atoms. The number of hydrogen-bond acceptors (Lipinski definition) is 2. The van der Waals surface area contributed by atoms with Gasteiger partial charge >= 0.3 is 0 Å². The van der Waals surface area contributed by atoms with E-state index in [4.69, 9.17) is 4.43 Å². The summed E-state index contributed by atoms with van der Waals surface area (Å²) < 4.78 is 5.93. The first-order chi connectivity index (χ1) is 6.79. The summed E-state index contributed by atoms with van der Waals surface area (Å²) in [7, 11) is 0.333. The van der Waals surface area contributed by atoms with E-state index in [-0.39, 0.29) is 0 Å². The minimum Gasteiger partial charge on any atom is -0.406 e. The van der Waals surface area contributed by atoms with Crippen LogP contribution in [-0.4, -0.2) is 22.1 Å². The highest BCUT2D eigenvalue weighted by Crippen LogP contribution is 2.39. The number of rotatable bonds is 6. The summed E-state index contributed by atoms with van der Waals surface area (Å²) in [5, 5.41) is 0. The lowest BCUT2D eigenvalue weighted by Crippen LogP contribution is -2.55. The third-order valence-electron chi connectivity index (χ3n) is 3.48. The summed E-state index contributed by atoms with van der Waals surface area (Å²) in [6.45, 7) is 5.54. The lowest BCUT2D eigenvalue weighted by atomic mass is 10.4. The minimum atomic E-state index is -1.59. The highest BCUT2D eigenvalue weighted by Gasteiger charge is 2.42. The van der Waals surface area contributed by atoms with Crippen LogP contribution in [0.3, 0.4) is 0 Å². The minimum absolute atomic E-state index is 0.868. The van der Waals surface area contributed by atoms with E-state index in [1.807, 2.05) is 7.11 Å². The van der Waals surface area contributed by atoms with Gasteiger partial charge in [-0.2, -0.15) is 0 Å². The second kappa shape index (κ2) is 5.88. The molecule has 1 aliphatic rings. The molecule has 0 aromatic carbocycles. The molecule has 0 bridgehead atoms. The van der Waals surface area contributed by atoms with Crippen LogP contribution >= 0.6 is 0 Å². The maximum absolute atomic E-state index is 5.93. The van der Waals surface area contributed by atoms with E-state index < -0.39 is 8.48 Å². The Morgan fingerprint density at radius 1 is 1.29 bits per heavy atom. The van der Waals surface area contributed by atoms with Gasteiger partial charge in [0, 0.05) is 7.11 Å². The smallest absolute Gasteiger partial charge is 0.271 e. The van der Waals surface area contributed by atoms with Gasteiger partial charge in [-0.15, -0.1) is 0 Å². The molecule has 0 aromatic heterocycles. The van der Waals surface area contributed by atoms with Crippen molar-refractivity contribution in [3.63, 3.8) is 0 Å². The first-order valence-corrected chi connectivity index (χ1v) is 8.28. The Bertz CT molecular complexity index is 151. The van der Waals surface area contributed by atoms with Gasteiger partial charge in [-0.1, -0.05) is 33.1 Å². The molecule has 14 heavy (non-hydrogen) atoms. The van der Waals surface area contributed by atoms with E-state index in [0.29, 0.717) is 0 Å². The summed E-state index contributed by atoms with van der Waals surface area (Å²) in [4.78, 5) is 3.71. The average Bonchev–Trinajstić information content (AvgIpc) is 2.70. The van der Waals surface area contributed by atoms with Crippen molar-refractivity contribution in [1.82, 2.24) is 4.98 Å². The van der Waals surface area contributed by atoms with Crippen LogP contribution in [0.1, 0.15) is 46.0 Å². The van der Waals surface area contributed by atoms with Gasteiger partial charge in [0.2, 0.25) is 0 Å². The van der Waals surface area contributed by atoms with Crippen molar-refractivity contribution in [3.05, 3.63) is 0 Å². The van der Waals surface area contributed by atoms with Crippen molar-refractivity contribution in [1.29, 1.82) is 0 Å². The fourth-order valence-electron chi connectivity index (χ4n) is 2.84. The van der Waals surface area contributed by atoms with Crippen molar-refractivity contribution < 1.29 is 4.43 Å². The zero-order valence-electron chi connectivity index (χ0n) is 9.94. The van der Waals surface area contributed by atoms with Gasteiger partial charge in [0.25, 0.3) is 8.48 Å². The first-order valence-electron chi connectivity index (χ1n) is 6.09. The molecule has 2 nitrogen and oxygen atoms in total. The molecule has 1 N–H and O–H groups in total. The van der Waals surface area contributed by atoms with E-state index in [2.05, 4.69) is 18.8 Å². The summed E-state index contributed by atoms with van der Waals surface area (Å²) in [5.74, 6) is 0. The van der Waals surface area contributed by atoms with Crippen LogP contribution in [0.25, 0.3) is 0 Å². The molecule has 0 radical (unpaired) electrons. The zero-order valence-corrected chi connectivity index (χ0v) is 10.9. The predicted molar refractivity (Wildman–Crippen MR) is 63.8 cm³/mol. The summed E-state index contributed by atoms with van der Waals surface area (Å²) >= 11 is 0. The van der Waals surface area contributed by atoms with Crippen LogP contribution in [0, 0.1) is 0 Å². The zero-order chi connectivity index (χ0) is 10.4. The monoisotopic (exact) mass is 215 g/mol. The fraction of sp³-hybridized carbons (Fsp3) is 1.00. The molecule has 1 fully saturated rings. The molecule has 84 valence electrons. The van der Waals surface area contributed by atoms with E-state index in [9.17, 15) is 0 Å². The number of nitrogens with one attached hydrogen (secondary N) is 1. The van der Waals surface area contributed by atoms with Crippen LogP contribution in [-0.2, 0) is 4.43 Å². The molecule has 0 heterocycles. The quantitative estimate of drug-likeness (QED) is 0.688. The predicted octanol–water partition coefficient (Wildman–Crippen LogP) is 3.04. The van der Waals surface area contributed by atoms with Gasteiger partial charge in [0.1, 0.15) is 0 Å². The Morgan fingerprint density at radius 3 is 2.36 bits per heavy atom. The Hall–Kier alpha value is 0.137. The van der Waals surface area contributed by atoms with Crippen molar-refractivity contribution in [2.75, 3.05) is 13.7 Å². The molecule has 1 saturated carbocycles. The van der Waals surface area contributed by atoms with Gasteiger partial charge in [-0.3, -0.25) is 0 Å².